The molecule has 1 heterocycles. The van der Waals surface area contributed by atoms with Crippen molar-refractivity contribution in [2.45, 2.75) is 38.5 Å². The molecular formula is C54H41NS. The maximum atomic E-state index is 2.57. The van der Waals surface area contributed by atoms with Crippen molar-refractivity contribution in [1.82, 2.24) is 0 Å². The summed E-state index contributed by atoms with van der Waals surface area (Å²) in [7, 11) is 0. The predicted molar refractivity (Wildman–Crippen MR) is 240 cm³/mol. The Kier molecular flexibility index (Phi) is 7.18. The monoisotopic (exact) mass is 735 g/mol. The van der Waals surface area contributed by atoms with Gasteiger partial charge in [-0.3, -0.25) is 0 Å². The van der Waals surface area contributed by atoms with E-state index in [-0.39, 0.29) is 10.8 Å². The van der Waals surface area contributed by atoms with Gasteiger partial charge in [-0.1, -0.05) is 167 Å². The Morgan fingerprint density at radius 2 is 0.839 bits per heavy atom. The Labute approximate surface area is 333 Å². The second kappa shape index (κ2) is 12.1. The second-order valence-electron chi connectivity index (χ2n) is 16.4. The topological polar surface area (TPSA) is 3.24 Å². The molecule has 2 aliphatic rings. The Morgan fingerprint density at radius 3 is 1.57 bits per heavy atom. The van der Waals surface area contributed by atoms with Gasteiger partial charge in [0.2, 0.25) is 0 Å². The number of fused-ring (bicyclic) bond motifs is 9. The van der Waals surface area contributed by atoms with E-state index in [1.807, 2.05) is 11.3 Å². The molecule has 0 unspecified atom stereocenters. The summed E-state index contributed by atoms with van der Waals surface area (Å²) in [5.41, 5.74) is 19.0. The minimum Gasteiger partial charge on any atom is -0.309 e. The summed E-state index contributed by atoms with van der Waals surface area (Å²) in [6, 6.07) is 65.8. The zero-order valence-corrected chi connectivity index (χ0v) is 32.9. The second-order valence-corrected chi connectivity index (χ2v) is 17.5. The van der Waals surface area contributed by atoms with Crippen LogP contribution in [0.15, 0.2) is 176 Å². The summed E-state index contributed by atoms with van der Waals surface area (Å²) in [4.78, 5) is 2.57. The molecule has 8 aromatic carbocycles. The summed E-state index contributed by atoms with van der Waals surface area (Å²) in [6.45, 7) is 9.49. The van der Waals surface area contributed by atoms with Crippen LogP contribution >= 0.6 is 11.3 Å². The lowest BCUT2D eigenvalue weighted by Gasteiger charge is -2.32. The zero-order chi connectivity index (χ0) is 37.8. The third-order valence-electron chi connectivity index (χ3n) is 12.7. The molecule has 0 bridgehead atoms. The van der Waals surface area contributed by atoms with Crippen LogP contribution in [-0.4, -0.2) is 0 Å². The lowest BCUT2D eigenvalue weighted by molar-refractivity contribution is 0.660. The van der Waals surface area contributed by atoms with Crippen LogP contribution in [0.1, 0.15) is 49.9 Å². The molecule has 9 aromatic rings. The molecule has 0 aliphatic heterocycles. The van der Waals surface area contributed by atoms with Crippen LogP contribution in [0.3, 0.4) is 0 Å². The Hall–Kier alpha value is -6.22. The fraction of sp³-hybridized carbons (Fsp3) is 0.111. The smallest absolute Gasteiger partial charge is 0.0543 e. The lowest BCUT2D eigenvalue weighted by atomic mass is 9.82. The summed E-state index contributed by atoms with van der Waals surface area (Å²) in [5, 5.41) is 2.62. The molecule has 0 saturated carbocycles. The molecule has 0 amide bonds. The van der Waals surface area contributed by atoms with Crippen LogP contribution in [0.5, 0.6) is 0 Å². The Balaban J connectivity index is 1.21. The van der Waals surface area contributed by atoms with E-state index in [4.69, 9.17) is 0 Å². The number of hydrogen-bond acceptors (Lipinski definition) is 2. The fourth-order valence-electron chi connectivity index (χ4n) is 9.99. The highest BCUT2D eigenvalue weighted by Gasteiger charge is 2.39. The highest BCUT2D eigenvalue weighted by Crippen LogP contribution is 2.57. The fourth-order valence-corrected chi connectivity index (χ4v) is 11.1. The van der Waals surface area contributed by atoms with E-state index >= 15 is 0 Å². The third kappa shape index (κ3) is 4.66. The van der Waals surface area contributed by atoms with Crippen molar-refractivity contribution < 1.29 is 0 Å². The molecule has 0 spiro atoms. The first-order valence-corrected chi connectivity index (χ1v) is 20.5. The Morgan fingerprint density at radius 1 is 0.357 bits per heavy atom. The van der Waals surface area contributed by atoms with Gasteiger partial charge in [0.1, 0.15) is 0 Å². The average Bonchev–Trinajstić information content (AvgIpc) is 3.81. The zero-order valence-electron chi connectivity index (χ0n) is 32.1. The van der Waals surface area contributed by atoms with Crippen LogP contribution in [0.25, 0.3) is 64.7 Å². The number of benzene rings is 8. The van der Waals surface area contributed by atoms with E-state index in [0.29, 0.717) is 0 Å². The standard InChI is InChI=1S/C54H41NS/c1-53(2)42-23-10-5-20-39(42)51-38(22-15-25-44(51)53)36-18-8-13-28-47(36)55(48-29-16-26-45-52(48)40-21-6-11-24-43(40)54(45,3)4)46-27-12-7-17-35(46)34-31-32-50-41(33-34)37-19-9-14-30-49(37)56-50/h5-33H,1-4H3. The molecule has 0 atom stereocenters. The van der Waals surface area contributed by atoms with Gasteiger partial charge in [-0.2, -0.15) is 0 Å². The van der Waals surface area contributed by atoms with Crippen LogP contribution in [0.2, 0.25) is 0 Å². The molecule has 1 nitrogen and oxygen atoms in total. The quantitative estimate of drug-likeness (QED) is 0.170. The maximum Gasteiger partial charge on any atom is 0.0543 e. The molecule has 11 rings (SSSR count). The van der Waals surface area contributed by atoms with Crippen molar-refractivity contribution in [2.24, 2.45) is 0 Å². The lowest BCUT2D eigenvalue weighted by Crippen LogP contribution is -2.16. The third-order valence-corrected chi connectivity index (χ3v) is 13.9. The van der Waals surface area contributed by atoms with Gasteiger partial charge in [-0.25, -0.2) is 0 Å². The van der Waals surface area contributed by atoms with Crippen LogP contribution < -0.4 is 4.90 Å². The highest BCUT2D eigenvalue weighted by atomic mass is 32.1. The molecule has 0 saturated heterocycles. The Bertz CT molecular complexity index is 3050. The maximum absolute atomic E-state index is 2.57. The first-order chi connectivity index (χ1) is 27.3. The number of para-hydroxylation sites is 2. The van der Waals surface area contributed by atoms with Crippen LogP contribution in [0, 0.1) is 0 Å². The summed E-state index contributed by atoms with van der Waals surface area (Å²) >= 11 is 1.87. The van der Waals surface area contributed by atoms with E-state index in [2.05, 4.69) is 209 Å². The van der Waals surface area contributed by atoms with Gasteiger partial charge in [0.05, 0.1) is 17.1 Å². The largest absolute Gasteiger partial charge is 0.309 e. The highest BCUT2D eigenvalue weighted by molar-refractivity contribution is 7.25. The summed E-state index contributed by atoms with van der Waals surface area (Å²) in [6.07, 6.45) is 0. The SMILES string of the molecule is CC1(C)c2ccccc2-c2c(-c3ccccc3N(c3ccccc3-c3ccc4sc5ccccc5c4c3)c3cccc4c3-c3ccccc3C4(C)C)cccc21. The molecule has 0 N–H and O–H groups in total. The van der Waals surface area contributed by atoms with Crippen LogP contribution in [0.4, 0.5) is 17.1 Å². The first-order valence-electron chi connectivity index (χ1n) is 19.7. The number of thiophene rings is 1. The number of rotatable bonds is 5. The number of anilines is 3. The van der Waals surface area contributed by atoms with E-state index < -0.39 is 0 Å². The molecule has 56 heavy (non-hydrogen) atoms. The van der Waals surface area contributed by atoms with Crippen molar-refractivity contribution in [2.75, 3.05) is 4.90 Å². The van der Waals surface area contributed by atoms with Crippen LogP contribution in [-0.2, 0) is 10.8 Å². The summed E-state index contributed by atoms with van der Waals surface area (Å²) < 4.78 is 2.64. The van der Waals surface area contributed by atoms with Gasteiger partial charge in [0.15, 0.2) is 0 Å². The molecular weight excluding hydrogens is 695 g/mol. The van der Waals surface area contributed by atoms with E-state index in [0.717, 1.165) is 11.4 Å². The summed E-state index contributed by atoms with van der Waals surface area (Å²) in [5.74, 6) is 0. The number of nitrogens with zero attached hydrogens (tertiary/aromatic N) is 1. The van der Waals surface area contributed by atoms with Crippen molar-refractivity contribution in [3.63, 3.8) is 0 Å². The van der Waals surface area contributed by atoms with Gasteiger partial charge in [0, 0.05) is 47.7 Å². The van der Waals surface area contributed by atoms with E-state index in [1.165, 1.54) is 92.6 Å². The molecule has 1 aromatic heterocycles. The minimum absolute atomic E-state index is 0.0941. The molecule has 2 heteroatoms. The van der Waals surface area contributed by atoms with Crippen molar-refractivity contribution in [3.8, 4) is 44.5 Å². The van der Waals surface area contributed by atoms with Gasteiger partial charge in [-0.05, 0) is 86.5 Å². The molecule has 268 valence electrons. The normalized spacial score (nSPS) is 14.4. The molecule has 0 radical (unpaired) electrons. The van der Waals surface area contributed by atoms with Crippen molar-refractivity contribution in [3.05, 3.63) is 198 Å². The van der Waals surface area contributed by atoms with Crippen molar-refractivity contribution >= 4 is 48.6 Å². The first kappa shape index (κ1) is 33.1. The van der Waals surface area contributed by atoms with Gasteiger partial charge < -0.3 is 4.90 Å². The number of hydrogen-bond donors (Lipinski definition) is 0. The molecule has 0 fully saturated rings. The predicted octanol–water partition coefficient (Wildman–Crippen LogP) is 15.5. The van der Waals surface area contributed by atoms with Gasteiger partial charge in [0.25, 0.3) is 0 Å². The van der Waals surface area contributed by atoms with Gasteiger partial charge >= 0.3 is 0 Å². The van der Waals surface area contributed by atoms with Crippen molar-refractivity contribution in [1.29, 1.82) is 0 Å². The minimum atomic E-state index is -0.132. The molecule has 2 aliphatic carbocycles. The van der Waals surface area contributed by atoms with E-state index in [9.17, 15) is 0 Å². The van der Waals surface area contributed by atoms with E-state index in [1.54, 1.807) is 0 Å². The average molecular weight is 736 g/mol. The van der Waals surface area contributed by atoms with Gasteiger partial charge in [-0.15, -0.1) is 11.3 Å².